The van der Waals surface area contributed by atoms with Gasteiger partial charge in [0.05, 0.1) is 6.10 Å². The number of hydrogen-bond acceptors (Lipinski definition) is 4. The lowest BCUT2D eigenvalue weighted by atomic mass is 10.1. The first-order valence-corrected chi connectivity index (χ1v) is 7.65. The fourth-order valence-electron chi connectivity index (χ4n) is 3.11. The van der Waals surface area contributed by atoms with E-state index in [9.17, 15) is 14.7 Å². The van der Waals surface area contributed by atoms with Gasteiger partial charge in [0.1, 0.15) is 6.04 Å². The number of carbonyl (C=O) groups excluding carboxylic acids is 1. The molecule has 3 N–H and O–H groups in total. The first kappa shape index (κ1) is 16.0. The number of amides is 2. The van der Waals surface area contributed by atoms with Crippen molar-refractivity contribution in [2.45, 2.75) is 38.3 Å². The first-order valence-electron chi connectivity index (χ1n) is 7.65. The highest BCUT2D eigenvalue weighted by atomic mass is 16.4. The molecule has 0 radical (unpaired) electrons. The van der Waals surface area contributed by atoms with Gasteiger partial charge < -0.3 is 25.3 Å². The normalized spacial score (nSPS) is 27.8. The van der Waals surface area contributed by atoms with Gasteiger partial charge in [-0.2, -0.15) is 0 Å². The molecule has 2 aliphatic rings. The molecule has 0 aromatic heterocycles. The van der Waals surface area contributed by atoms with Gasteiger partial charge >= 0.3 is 12.0 Å². The Morgan fingerprint density at radius 1 is 1.33 bits per heavy atom. The monoisotopic (exact) mass is 299 g/mol. The molecule has 2 saturated heterocycles. The highest BCUT2D eigenvalue weighted by Crippen LogP contribution is 2.18. The summed E-state index contributed by atoms with van der Waals surface area (Å²) in [5.41, 5.74) is 0. The largest absolute Gasteiger partial charge is 0.480 e. The van der Waals surface area contributed by atoms with E-state index in [2.05, 4.69) is 17.1 Å². The van der Waals surface area contributed by atoms with Crippen LogP contribution in [-0.2, 0) is 4.79 Å². The van der Waals surface area contributed by atoms with Crippen molar-refractivity contribution in [3.63, 3.8) is 0 Å². The zero-order chi connectivity index (χ0) is 15.4. The predicted octanol–water partition coefficient (Wildman–Crippen LogP) is -0.0523. The van der Waals surface area contributed by atoms with Gasteiger partial charge in [0.2, 0.25) is 0 Å². The van der Waals surface area contributed by atoms with Crippen LogP contribution in [0.15, 0.2) is 0 Å². The molecule has 0 aliphatic carbocycles. The quantitative estimate of drug-likeness (QED) is 0.662. The minimum atomic E-state index is -1.06. The minimum absolute atomic E-state index is 0.0866. The van der Waals surface area contributed by atoms with E-state index in [1.807, 2.05) is 0 Å². The molecule has 0 aromatic rings. The summed E-state index contributed by atoms with van der Waals surface area (Å²) in [6.45, 7) is 5.88. The third-order valence-corrected chi connectivity index (χ3v) is 4.20. The topological polar surface area (TPSA) is 93.1 Å². The van der Waals surface area contributed by atoms with E-state index in [-0.39, 0.29) is 13.0 Å². The van der Waals surface area contributed by atoms with Gasteiger partial charge in [-0.3, -0.25) is 0 Å². The number of hydrogen-bond donors (Lipinski definition) is 3. The second kappa shape index (κ2) is 7.09. The van der Waals surface area contributed by atoms with Crippen LogP contribution in [0.25, 0.3) is 0 Å². The molecule has 2 fully saturated rings. The number of β-amino-alcohol motifs (C(OH)–C–C–N with tert-alkyl or cyclic N) is 1. The number of nitrogens with zero attached hydrogens (tertiary/aromatic N) is 2. The van der Waals surface area contributed by atoms with Crippen LogP contribution in [0.2, 0.25) is 0 Å². The van der Waals surface area contributed by atoms with Crippen molar-refractivity contribution in [1.29, 1.82) is 0 Å². The highest BCUT2D eigenvalue weighted by molar-refractivity contribution is 5.83. The van der Waals surface area contributed by atoms with Crippen molar-refractivity contribution in [2.24, 2.45) is 5.92 Å². The Balaban J connectivity index is 1.76. The first-order chi connectivity index (χ1) is 9.97. The number of aliphatic carboxylic acids is 1. The van der Waals surface area contributed by atoms with Crippen LogP contribution < -0.4 is 5.32 Å². The molecule has 2 amide bonds. The Morgan fingerprint density at radius 2 is 2.00 bits per heavy atom. The molecule has 0 saturated carbocycles. The van der Waals surface area contributed by atoms with E-state index in [1.165, 1.54) is 17.7 Å². The Kier molecular flexibility index (Phi) is 5.41. The lowest BCUT2D eigenvalue weighted by Crippen LogP contribution is -2.47. The molecule has 2 rings (SSSR count). The third-order valence-electron chi connectivity index (χ3n) is 4.20. The molecule has 0 aromatic carbocycles. The molecule has 2 aliphatic heterocycles. The second-order valence-corrected chi connectivity index (χ2v) is 6.19. The van der Waals surface area contributed by atoms with Crippen molar-refractivity contribution in [1.82, 2.24) is 15.1 Å². The SMILES string of the molecule is CC(CNC(=O)N1CC(O)C[C@H]1C(=O)O)CN1CCCC1. The summed E-state index contributed by atoms with van der Waals surface area (Å²) in [5, 5.41) is 21.4. The predicted molar refractivity (Wildman–Crippen MR) is 77.0 cm³/mol. The van der Waals surface area contributed by atoms with E-state index >= 15 is 0 Å². The van der Waals surface area contributed by atoms with E-state index in [0.29, 0.717) is 12.5 Å². The maximum absolute atomic E-state index is 12.1. The summed E-state index contributed by atoms with van der Waals surface area (Å²) >= 11 is 0. The molecule has 21 heavy (non-hydrogen) atoms. The summed E-state index contributed by atoms with van der Waals surface area (Å²) < 4.78 is 0. The fraction of sp³-hybridized carbons (Fsp3) is 0.857. The summed E-state index contributed by atoms with van der Waals surface area (Å²) in [5.74, 6) is -0.741. The minimum Gasteiger partial charge on any atom is -0.480 e. The summed E-state index contributed by atoms with van der Waals surface area (Å²) in [6.07, 6.45) is 1.83. The average Bonchev–Trinajstić information content (AvgIpc) is 3.05. The van der Waals surface area contributed by atoms with Crippen LogP contribution in [0.3, 0.4) is 0 Å². The molecule has 2 unspecified atom stereocenters. The van der Waals surface area contributed by atoms with Gasteiger partial charge in [-0.05, 0) is 31.8 Å². The van der Waals surface area contributed by atoms with Gasteiger partial charge in [0.25, 0.3) is 0 Å². The number of urea groups is 1. The zero-order valence-electron chi connectivity index (χ0n) is 12.5. The number of carboxylic acids is 1. The molecule has 2 heterocycles. The Labute approximate surface area is 124 Å². The van der Waals surface area contributed by atoms with Crippen LogP contribution in [-0.4, -0.2) is 76.9 Å². The molecule has 3 atom stereocenters. The highest BCUT2D eigenvalue weighted by Gasteiger charge is 2.38. The van der Waals surface area contributed by atoms with Crippen LogP contribution >= 0.6 is 0 Å². The number of rotatable bonds is 5. The molecular weight excluding hydrogens is 274 g/mol. The Morgan fingerprint density at radius 3 is 2.62 bits per heavy atom. The molecular formula is C14H25N3O4. The summed E-state index contributed by atoms with van der Waals surface area (Å²) in [7, 11) is 0. The van der Waals surface area contributed by atoms with E-state index in [1.54, 1.807) is 0 Å². The number of aliphatic hydroxyl groups is 1. The molecule has 0 bridgehead atoms. The molecule has 7 nitrogen and oxygen atoms in total. The van der Waals surface area contributed by atoms with Crippen LogP contribution in [0, 0.1) is 5.92 Å². The fourth-order valence-corrected chi connectivity index (χ4v) is 3.11. The van der Waals surface area contributed by atoms with Gasteiger partial charge in [0, 0.05) is 26.1 Å². The number of carboxylic acid groups (broad SMARTS) is 1. The zero-order valence-corrected chi connectivity index (χ0v) is 12.5. The van der Waals surface area contributed by atoms with Crippen LogP contribution in [0.4, 0.5) is 4.79 Å². The lowest BCUT2D eigenvalue weighted by Gasteiger charge is -2.24. The van der Waals surface area contributed by atoms with E-state index in [0.717, 1.165) is 19.6 Å². The Bertz CT molecular complexity index is 384. The molecule has 0 spiro atoms. The second-order valence-electron chi connectivity index (χ2n) is 6.19. The number of nitrogens with one attached hydrogen (secondary N) is 1. The summed E-state index contributed by atoms with van der Waals surface area (Å²) in [4.78, 5) is 26.8. The number of carbonyl (C=O) groups is 2. The van der Waals surface area contributed by atoms with Gasteiger partial charge in [-0.25, -0.2) is 9.59 Å². The van der Waals surface area contributed by atoms with Crippen molar-refractivity contribution in [2.75, 3.05) is 32.7 Å². The van der Waals surface area contributed by atoms with Crippen molar-refractivity contribution < 1.29 is 19.8 Å². The maximum atomic E-state index is 12.1. The van der Waals surface area contributed by atoms with E-state index in [4.69, 9.17) is 5.11 Å². The standard InChI is InChI=1S/C14H25N3O4/c1-10(8-16-4-2-3-5-16)7-15-14(21)17-9-11(18)6-12(17)13(19)20/h10-12,18H,2-9H2,1H3,(H,15,21)(H,19,20)/t10?,11?,12-/m0/s1. The van der Waals surface area contributed by atoms with Crippen LogP contribution in [0.5, 0.6) is 0 Å². The van der Waals surface area contributed by atoms with Crippen LogP contribution in [0.1, 0.15) is 26.2 Å². The third kappa shape index (κ3) is 4.31. The van der Waals surface area contributed by atoms with Gasteiger partial charge in [-0.1, -0.05) is 6.92 Å². The van der Waals surface area contributed by atoms with Crippen molar-refractivity contribution in [3.8, 4) is 0 Å². The van der Waals surface area contributed by atoms with Crippen molar-refractivity contribution >= 4 is 12.0 Å². The molecule has 7 heteroatoms. The smallest absolute Gasteiger partial charge is 0.326 e. The summed E-state index contributed by atoms with van der Waals surface area (Å²) in [6, 6.07) is -1.32. The molecule has 120 valence electrons. The van der Waals surface area contributed by atoms with Crippen molar-refractivity contribution in [3.05, 3.63) is 0 Å². The maximum Gasteiger partial charge on any atom is 0.326 e. The lowest BCUT2D eigenvalue weighted by molar-refractivity contribution is -0.141. The number of likely N-dealkylation sites (tertiary alicyclic amines) is 2. The van der Waals surface area contributed by atoms with Gasteiger partial charge in [0.15, 0.2) is 0 Å². The van der Waals surface area contributed by atoms with E-state index < -0.39 is 24.1 Å². The Hall–Kier alpha value is -1.34. The average molecular weight is 299 g/mol. The number of aliphatic hydroxyl groups excluding tert-OH is 1. The van der Waals surface area contributed by atoms with Gasteiger partial charge in [-0.15, -0.1) is 0 Å².